The summed E-state index contributed by atoms with van der Waals surface area (Å²) in [5.41, 5.74) is 0.981. The van der Waals surface area contributed by atoms with E-state index in [0.717, 1.165) is 36.6 Å². The van der Waals surface area contributed by atoms with Gasteiger partial charge in [-0.05, 0) is 31.7 Å². The summed E-state index contributed by atoms with van der Waals surface area (Å²) in [5.74, 6) is 1.05. The monoisotopic (exact) mass is 442 g/mol. The first-order chi connectivity index (χ1) is 14.9. The summed E-state index contributed by atoms with van der Waals surface area (Å²) in [6.07, 6.45) is 7.82. The molecule has 1 aliphatic rings. The Morgan fingerprint density at radius 3 is 2.71 bits per heavy atom. The lowest BCUT2D eigenvalue weighted by Crippen LogP contribution is -2.37. The summed E-state index contributed by atoms with van der Waals surface area (Å²) in [7, 11) is -3.07. The Morgan fingerprint density at radius 1 is 1.16 bits per heavy atom. The maximum absolute atomic E-state index is 12.3. The van der Waals surface area contributed by atoms with Crippen molar-refractivity contribution >= 4 is 32.6 Å². The van der Waals surface area contributed by atoms with Crippen LogP contribution in [0.5, 0.6) is 0 Å². The van der Waals surface area contributed by atoms with Crippen LogP contribution in [-0.2, 0) is 14.6 Å². The van der Waals surface area contributed by atoms with E-state index in [0.29, 0.717) is 11.8 Å². The lowest BCUT2D eigenvalue weighted by Gasteiger charge is -2.28. The number of benzene rings is 1. The van der Waals surface area contributed by atoms with E-state index in [2.05, 4.69) is 25.7 Å². The lowest BCUT2D eigenvalue weighted by molar-refractivity contribution is -0.125. The lowest BCUT2D eigenvalue weighted by atomic mass is 9.85. The topological polar surface area (TPSA) is 119 Å². The highest BCUT2D eigenvalue weighted by molar-refractivity contribution is 7.90. The van der Waals surface area contributed by atoms with Crippen molar-refractivity contribution in [2.24, 2.45) is 5.92 Å². The van der Waals surface area contributed by atoms with Crippen LogP contribution in [0.15, 0.2) is 42.7 Å². The van der Waals surface area contributed by atoms with Crippen molar-refractivity contribution in [1.82, 2.24) is 25.1 Å². The fourth-order valence-electron chi connectivity index (χ4n) is 3.88. The third-order valence-electron chi connectivity index (χ3n) is 5.54. The third kappa shape index (κ3) is 5.38. The fourth-order valence-corrected chi connectivity index (χ4v) is 4.35. The zero-order valence-electron chi connectivity index (χ0n) is 17.4. The van der Waals surface area contributed by atoms with E-state index in [1.165, 1.54) is 6.26 Å². The number of hydrogen-bond acceptors (Lipinski definition) is 7. The van der Waals surface area contributed by atoms with Gasteiger partial charge in [0.15, 0.2) is 5.82 Å². The summed E-state index contributed by atoms with van der Waals surface area (Å²) in [6.45, 7) is 0.165. The predicted octanol–water partition coefficient (Wildman–Crippen LogP) is 1.95. The minimum absolute atomic E-state index is 0.0329. The van der Waals surface area contributed by atoms with Crippen molar-refractivity contribution in [2.75, 3.05) is 23.9 Å². The van der Waals surface area contributed by atoms with Crippen molar-refractivity contribution in [1.29, 1.82) is 0 Å². The first-order valence-electron chi connectivity index (χ1n) is 10.4. The average Bonchev–Trinajstić information content (AvgIpc) is 3.18. The minimum atomic E-state index is -3.07. The molecule has 3 aromatic rings. The van der Waals surface area contributed by atoms with Crippen LogP contribution in [0.25, 0.3) is 16.7 Å². The molecule has 0 bridgehead atoms. The van der Waals surface area contributed by atoms with E-state index in [1.807, 2.05) is 36.5 Å². The molecule has 1 fully saturated rings. The molecule has 2 aromatic heterocycles. The molecule has 10 heteroatoms. The molecule has 4 rings (SSSR count). The van der Waals surface area contributed by atoms with Gasteiger partial charge >= 0.3 is 0 Å². The van der Waals surface area contributed by atoms with E-state index in [4.69, 9.17) is 0 Å². The molecule has 0 spiro atoms. The summed E-state index contributed by atoms with van der Waals surface area (Å²) < 4.78 is 24.2. The van der Waals surface area contributed by atoms with Gasteiger partial charge in [-0.3, -0.25) is 4.79 Å². The summed E-state index contributed by atoms with van der Waals surface area (Å²) in [5, 5.41) is 11.6. The summed E-state index contributed by atoms with van der Waals surface area (Å²) in [4.78, 5) is 21.2. The zero-order valence-corrected chi connectivity index (χ0v) is 18.2. The number of anilines is 1. The molecule has 0 radical (unpaired) electrons. The van der Waals surface area contributed by atoms with E-state index < -0.39 is 9.84 Å². The van der Waals surface area contributed by atoms with E-state index in [-0.39, 0.29) is 30.2 Å². The average molecular weight is 443 g/mol. The van der Waals surface area contributed by atoms with Crippen LogP contribution in [-0.4, -0.2) is 58.7 Å². The van der Waals surface area contributed by atoms with Crippen LogP contribution in [0.4, 0.5) is 5.95 Å². The number of carbonyl (C=O) groups excluding carboxylic acids is 1. The van der Waals surface area contributed by atoms with Crippen molar-refractivity contribution in [3.8, 4) is 5.82 Å². The van der Waals surface area contributed by atoms with Gasteiger partial charge in [0.1, 0.15) is 9.84 Å². The first kappa shape index (κ1) is 21.2. The van der Waals surface area contributed by atoms with E-state index in [1.54, 1.807) is 10.9 Å². The number of aromatic nitrogens is 4. The number of para-hydroxylation sites is 1. The number of rotatable bonds is 7. The predicted molar refractivity (Wildman–Crippen MR) is 119 cm³/mol. The molecule has 1 aliphatic carbocycles. The molecule has 1 saturated carbocycles. The number of amides is 1. The second-order valence-electron chi connectivity index (χ2n) is 7.97. The Labute approximate surface area is 181 Å². The van der Waals surface area contributed by atoms with Gasteiger partial charge in [0, 0.05) is 42.4 Å². The normalized spacial score (nSPS) is 19.3. The van der Waals surface area contributed by atoms with E-state index >= 15 is 0 Å². The Bertz CT molecular complexity index is 1170. The highest BCUT2D eigenvalue weighted by Crippen LogP contribution is 2.26. The number of nitrogens with one attached hydrogen (secondary N) is 2. The van der Waals surface area contributed by atoms with Gasteiger partial charge in [0.2, 0.25) is 11.9 Å². The second kappa shape index (κ2) is 9.01. The number of hydrogen-bond donors (Lipinski definition) is 2. The minimum Gasteiger partial charge on any atom is -0.355 e. The molecule has 164 valence electrons. The van der Waals surface area contributed by atoms with Gasteiger partial charge < -0.3 is 10.6 Å². The van der Waals surface area contributed by atoms with Crippen molar-refractivity contribution < 1.29 is 13.2 Å². The van der Waals surface area contributed by atoms with Crippen LogP contribution in [0, 0.1) is 5.92 Å². The molecule has 0 unspecified atom stereocenters. The largest absolute Gasteiger partial charge is 0.355 e. The molecule has 1 amide bonds. The molecule has 0 atom stereocenters. The maximum atomic E-state index is 12.3. The van der Waals surface area contributed by atoms with Gasteiger partial charge in [0.05, 0.1) is 17.5 Å². The van der Waals surface area contributed by atoms with Gasteiger partial charge in [-0.1, -0.05) is 18.2 Å². The summed E-state index contributed by atoms with van der Waals surface area (Å²) in [6, 6.07) is 9.96. The second-order valence-corrected chi connectivity index (χ2v) is 10.2. The third-order valence-corrected chi connectivity index (χ3v) is 6.48. The standard InChI is InChI=1S/C21H26N6O3S/c1-31(29,30)13-12-22-20(28)15-6-8-17(9-7-15)25-21-23-11-10-19(26-21)27-18-5-3-2-4-16(18)14-24-27/h2-5,10-11,14-15,17H,6-9,12-13H2,1H3,(H,22,28)(H,23,25,26). The molecule has 9 nitrogen and oxygen atoms in total. The Hall–Kier alpha value is -3.01. The van der Waals surface area contributed by atoms with Gasteiger partial charge in [-0.2, -0.15) is 10.1 Å². The molecule has 2 N–H and O–H groups in total. The fraction of sp³-hybridized carbons (Fsp3) is 0.429. The van der Waals surface area contributed by atoms with Crippen LogP contribution in [0.2, 0.25) is 0 Å². The Kier molecular flexibility index (Phi) is 6.17. The highest BCUT2D eigenvalue weighted by Gasteiger charge is 2.26. The molecular weight excluding hydrogens is 416 g/mol. The van der Waals surface area contributed by atoms with Crippen LogP contribution in [0.1, 0.15) is 25.7 Å². The number of sulfone groups is 1. The molecular formula is C21H26N6O3S. The van der Waals surface area contributed by atoms with Gasteiger partial charge in [-0.15, -0.1) is 0 Å². The van der Waals surface area contributed by atoms with Crippen molar-refractivity contribution in [2.45, 2.75) is 31.7 Å². The van der Waals surface area contributed by atoms with E-state index in [9.17, 15) is 13.2 Å². The quantitative estimate of drug-likeness (QED) is 0.574. The van der Waals surface area contributed by atoms with Crippen molar-refractivity contribution in [3.63, 3.8) is 0 Å². The Morgan fingerprint density at radius 2 is 1.94 bits per heavy atom. The van der Waals surface area contributed by atoms with Crippen LogP contribution < -0.4 is 10.6 Å². The Balaban J connectivity index is 1.33. The SMILES string of the molecule is CS(=O)(=O)CCNC(=O)C1CCC(Nc2nccc(-n3ncc4ccccc43)n2)CC1. The maximum Gasteiger partial charge on any atom is 0.224 e. The molecule has 0 aliphatic heterocycles. The van der Waals surface area contributed by atoms with Crippen LogP contribution in [0.3, 0.4) is 0 Å². The molecule has 31 heavy (non-hydrogen) atoms. The van der Waals surface area contributed by atoms with Gasteiger partial charge in [-0.25, -0.2) is 18.1 Å². The van der Waals surface area contributed by atoms with Gasteiger partial charge in [0.25, 0.3) is 0 Å². The van der Waals surface area contributed by atoms with Crippen LogP contribution >= 0.6 is 0 Å². The summed E-state index contributed by atoms with van der Waals surface area (Å²) >= 11 is 0. The number of nitrogens with zero attached hydrogens (tertiary/aromatic N) is 4. The zero-order chi connectivity index (χ0) is 21.8. The molecule has 1 aromatic carbocycles. The highest BCUT2D eigenvalue weighted by atomic mass is 32.2. The number of carbonyl (C=O) groups is 1. The van der Waals surface area contributed by atoms with Crippen molar-refractivity contribution in [3.05, 3.63) is 42.7 Å². The first-order valence-corrected chi connectivity index (χ1v) is 12.4. The molecule has 2 heterocycles. The molecule has 0 saturated heterocycles. The number of fused-ring (bicyclic) bond motifs is 1. The smallest absolute Gasteiger partial charge is 0.224 e.